The second-order valence-corrected chi connectivity index (χ2v) is 3.15. The molecule has 1 aromatic rings. The predicted molar refractivity (Wildman–Crippen MR) is 52.0 cm³/mol. The fourth-order valence-corrected chi connectivity index (χ4v) is 1.46. The lowest BCUT2D eigenvalue weighted by Crippen LogP contribution is -2.12. The van der Waals surface area contributed by atoms with Crippen molar-refractivity contribution in [3.8, 4) is 5.75 Å². The van der Waals surface area contributed by atoms with Crippen LogP contribution in [0.1, 0.15) is 11.7 Å². The molecule has 0 bridgehead atoms. The Hall–Kier alpha value is -1.48. The van der Waals surface area contributed by atoms with Crippen molar-refractivity contribution in [1.29, 1.82) is 0 Å². The van der Waals surface area contributed by atoms with E-state index in [1.807, 2.05) is 24.3 Å². The number of aliphatic hydroxyl groups is 1. The average molecular weight is 192 g/mol. The van der Waals surface area contributed by atoms with Crippen LogP contribution in [-0.4, -0.2) is 18.3 Å². The SMILES string of the molecule is COc1ccc([C@H]2OC=C[C@@H]2O)cc1. The first-order chi connectivity index (χ1) is 6.81. The molecule has 1 aliphatic heterocycles. The minimum absolute atomic E-state index is 0.277. The summed E-state index contributed by atoms with van der Waals surface area (Å²) in [6.45, 7) is 0. The lowest BCUT2D eigenvalue weighted by molar-refractivity contribution is 0.0633. The molecule has 0 aromatic heterocycles. The minimum atomic E-state index is -0.552. The maximum absolute atomic E-state index is 9.53. The highest BCUT2D eigenvalue weighted by atomic mass is 16.5. The zero-order valence-electron chi connectivity index (χ0n) is 7.88. The van der Waals surface area contributed by atoms with Crippen LogP contribution < -0.4 is 4.74 Å². The van der Waals surface area contributed by atoms with Crippen molar-refractivity contribution in [3.05, 3.63) is 42.2 Å². The van der Waals surface area contributed by atoms with Gasteiger partial charge in [0, 0.05) is 0 Å². The Labute approximate surface area is 82.6 Å². The van der Waals surface area contributed by atoms with Crippen LogP contribution in [0, 0.1) is 0 Å². The molecule has 2 atom stereocenters. The lowest BCUT2D eigenvalue weighted by Gasteiger charge is -2.14. The first kappa shape index (κ1) is 9.09. The molecule has 0 saturated carbocycles. The summed E-state index contributed by atoms with van der Waals surface area (Å²) >= 11 is 0. The van der Waals surface area contributed by atoms with Crippen LogP contribution in [0.2, 0.25) is 0 Å². The number of aliphatic hydroxyl groups excluding tert-OH is 1. The van der Waals surface area contributed by atoms with Gasteiger partial charge < -0.3 is 14.6 Å². The zero-order valence-corrected chi connectivity index (χ0v) is 7.88. The maximum atomic E-state index is 9.53. The van der Waals surface area contributed by atoms with E-state index in [0.29, 0.717) is 0 Å². The van der Waals surface area contributed by atoms with Crippen molar-refractivity contribution in [2.45, 2.75) is 12.2 Å². The molecular formula is C11H12O3. The molecule has 0 fully saturated rings. The second kappa shape index (κ2) is 3.72. The normalized spacial score (nSPS) is 24.7. The van der Waals surface area contributed by atoms with Crippen LogP contribution in [0.25, 0.3) is 0 Å². The Morgan fingerprint density at radius 2 is 2.00 bits per heavy atom. The topological polar surface area (TPSA) is 38.7 Å². The number of hydrogen-bond acceptors (Lipinski definition) is 3. The van der Waals surface area contributed by atoms with Gasteiger partial charge in [-0.25, -0.2) is 0 Å². The van der Waals surface area contributed by atoms with Crippen LogP contribution >= 0.6 is 0 Å². The number of methoxy groups -OCH3 is 1. The third-order valence-electron chi connectivity index (χ3n) is 2.26. The monoisotopic (exact) mass is 192 g/mol. The van der Waals surface area contributed by atoms with Gasteiger partial charge >= 0.3 is 0 Å². The summed E-state index contributed by atoms with van der Waals surface area (Å²) in [5.74, 6) is 0.800. The summed E-state index contributed by atoms with van der Waals surface area (Å²) < 4.78 is 10.3. The molecular weight excluding hydrogens is 180 g/mol. The van der Waals surface area contributed by atoms with E-state index in [2.05, 4.69) is 0 Å². The quantitative estimate of drug-likeness (QED) is 0.774. The summed E-state index contributed by atoms with van der Waals surface area (Å²) in [4.78, 5) is 0. The first-order valence-corrected chi connectivity index (χ1v) is 4.45. The van der Waals surface area contributed by atoms with Crippen molar-refractivity contribution < 1.29 is 14.6 Å². The Bertz CT molecular complexity index is 329. The van der Waals surface area contributed by atoms with Gasteiger partial charge in [-0.2, -0.15) is 0 Å². The van der Waals surface area contributed by atoms with E-state index in [9.17, 15) is 5.11 Å². The molecule has 2 rings (SSSR count). The van der Waals surface area contributed by atoms with Crippen LogP contribution in [0.3, 0.4) is 0 Å². The van der Waals surface area contributed by atoms with Gasteiger partial charge in [0.15, 0.2) is 6.10 Å². The minimum Gasteiger partial charge on any atom is -0.497 e. The summed E-state index contributed by atoms with van der Waals surface area (Å²) in [7, 11) is 1.62. The molecule has 0 amide bonds. The molecule has 1 aromatic carbocycles. The fourth-order valence-electron chi connectivity index (χ4n) is 1.46. The van der Waals surface area contributed by atoms with Crippen molar-refractivity contribution in [3.63, 3.8) is 0 Å². The van der Waals surface area contributed by atoms with Gasteiger partial charge in [0.05, 0.1) is 13.4 Å². The predicted octanol–water partition coefficient (Wildman–Crippen LogP) is 1.64. The third kappa shape index (κ3) is 1.59. The van der Waals surface area contributed by atoms with Gasteiger partial charge in [-0.1, -0.05) is 12.1 Å². The Balaban J connectivity index is 2.17. The lowest BCUT2D eigenvalue weighted by atomic mass is 10.1. The summed E-state index contributed by atoms with van der Waals surface area (Å²) in [5, 5.41) is 9.53. The summed E-state index contributed by atoms with van der Waals surface area (Å²) in [6.07, 6.45) is 2.33. The summed E-state index contributed by atoms with van der Waals surface area (Å²) in [6, 6.07) is 7.48. The first-order valence-electron chi connectivity index (χ1n) is 4.45. The number of rotatable bonds is 2. The van der Waals surface area contributed by atoms with Gasteiger partial charge in [0.1, 0.15) is 11.9 Å². The van der Waals surface area contributed by atoms with E-state index in [-0.39, 0.29) is 6.10 Å². The highest BCUT2D eigenvalue weighted by Crippen LogP contribution is 2.28. The van der Waals surface area contributed by atoms with E-state index in [1.54, 1.807) is 13.2 Å². The van der Waals surface area contributed by atoms with Gasteiger partial charge in [0.25, 0.3) is 0 Å². The Morgan fingerprint density at radius 1 is 1.29 bits per heavy atom. The van der Waals surface area contributed by atoms with Crippen molar-refractivity contribution in [2.75, 3.05) is 7.11 Å². The molecule has 0 unspecified atom stereocenters. The summed E-state index contributed by atoms with van der Waals surface area (Å²) in [5.41, 5.74) is 0.948. The number of ether oxygens (including phenoxy) is 2. The fraction of sp³-hybridized carbons (Fsp3) is 0.273. The zero-order chi connectivity index (χ0) is 9.97. The molecule has 74 valence electrons. The maximum Gasteiger partial charge on any atom is 0.152 e. The van der Waals surface area contributed by atoms with E-state index in [1.165, 1.54) is 6.26 Å². The average Bonchev–Trinajstić information content (AvgIpc) is 2.65. The second-order valence-electron chi connectivity index (χ2n) is 3.15. The highest BCUT2D eigenvalue weighted by Gasteiger charge is 2.23. The van der Waals surface area contributed by atoms with Crippen LogP contribution in [0.15, 0.2) is 36.6 Å². The number of benzene rings is 1. The highest BCUT2D eigenvalue weighted by molar-refractivity contribution is 5.30. The van der Waals surface area contributed by atoms with E-state index in [0.717, 1.165) is 11.3 Å². The molecule has 3 heteroatoms. The van der Waals surface area contributed by atoms with Crippen LogP contribution in [0.5, 0.6) is 5.75 Å². The third-order valence-corrected chi connectivity index (χ3v) is 2.26. The smallest absolute Gasteiger partial charge is 0.152 e. The molecule has 3 nitrogen and oxygen atoms in total. The molecule has 0 saturated heterocycles. The Morgan fingerprint density at radius 3 is 2.50 bits per heavy atom. The van der Waals surface area contributed by atoms with Crippen LogP contribution in [-0.2, 0) is 4.74 Å². The standard InChI is InChI=1S/C11H12O3/c1-13-9-4-2-8(3-5-9)11-10(12)6-7-14-11/h2-7,10-12H,1H3/t10-,11+/m0/s1. The van der Waals surface area contributed by atoms with Gasteiger partial charge in [-0.3, -0.25) is 0 Å². The Kier molecular flexibility index (Phi) is 2.41. The molecule has 1 heterocycles. The van der Waals surface area contributed by atoms with Gasteiger partial charge in [0.2, 0.25) is 0 Å². The molecule has 0 spiro atoms. The van der Waals surface area contributed by atoms with E-state index < -0.39 is 6.10 Å². The van der Waals surface area contributed by atoms with E-state index in [4.69, 9.17) is 9.47 Å². The van der Waals surface area contributed by atoms with Gasteiger partial charge in [-0.15, -0.1) is 0 Å². The van der Waals surface area contributed by atoms with Crippen molar-refractivity contribution >= 4 is 0 Å². The van der Waals surface area contributed by atoms with Crippen molar-refractivity contribution in [2.24, 2.45) is 0 Å². The van der Waals surface area contributed by atoms with E-state index >= 15 is 0 Å². The largest absolute Gasteiger partial charge is 0.497 e. The molecule has 0 radical (unpaired) electrons. The van der Waals surface area contributed by atoms with Crippen molar-refractivity contribution in [1.82, 2.24) is 0 Å². The molecule has 0 aliphatic carbocycles. The van der Waals surface area contributed by atoms with Crippen LogP contribution in [0.4, 0.5) is 0 Å². The number of hydrogen-bond donors (Lipinski definition) is 1. The molecule has 1 N–H and O–H groups in total. The van der Waals surface area contributed by atoms with Gasteiger partial charge in [-0.05, 0) is 23.8 Å². The molecule has 14 heavy (non-hydrogen) atoms. The molecule has 1 aliphatic rings.